The van der Waals surface area contributed by atoms with E-state index in [1.807, 2.05) is 0 Å². The molecule has 2 fully saturated rings. The van der Waals surface area contributed by atoms with Gasteiger partial charge in [-0.3, -0.25) is 9.79 Å². The predicted octanol–water partition coefficient (Wildman–Crippen LogP) is 3.30. The van der Waals surface area contributed by atoms with E-state index in [0.717, 1.165) is 0 Å². The van der Waals surface area contributed by atoms with E-state index in [4.69, 9.17) is 27.0 Å². The quantitative estimate of drug-likeness (QED) is 0.387. The molecule has 0 spiro atoms. The molecule has 150 valence electrons. The first-order valence-corrected chi connectivity index (χ1v) is 10.9. The van der Waals surface area contributed by atoms with Crippen molar-refractivity contribution in [3.63, 3.8) is 0 Å². The van der Waals surface area contributed by atoms with Crippen molar-refractivity contribution in [2.75, 3.05) is 5.73 Å². The lowest BCUT2D eigenvalue weighted by Gasteiger charge is -2.15. The summed E-state index contributed by atoms with van der Waals surface area (Å²) >= 11 is 0. The van der Waals surface area contributed by atoms with Gasteiger partial charge in [0.2, 0.25) is 0 Å². The van der Waals surface area contributed by atoms with Crippen LogP contribution in [-0.2, 0) is 4.57 Å². The molecule has 0 saturated heterocycles. The summed E-state index contributed by atoms with van der Waals surface area (Å²) in [5.41, 5.74) is 17.1. The molecule has 0 heterocycles. The standard InChI is InChI=1S/C6H8NO4P.2C6H13N/c7-5-1-3-6(4-2-5)11-12(8,9)10;2*7-6-4-2-1-3-5-6/h1-4H,7H2,(H2,8,9,10);2*6H,1-5,7H2. The Balaban J connectivity index is 0.000000207. The summed E-state index contributed by atoms with van der Waals surface area (Å²) < 4.78 is 14.6. The molecule has 2 aliphatic rings. The largest absolute Gasteiger partial charge is 0.524 e. The van der Waals surface area contributed by atoms with E-state index in [9.17, 15) is 4.57 Å². The molecule has 0 aliphatic heterocycles. The van der Waals surface area contributed by atoms with Crippen LogP contribution in [0.15, 0.2) is 24.3 Å². The first-order chi connectivity index (χ1) is 12.3. The van der Waals surface area contributed by atoms with Crippen molar-refractivity contribution in [2.45, 2.75) is 76.3 Å². The lowest BCUT2D eigenvalue weighted by atomic mass is 9.97. The van der Waals surface area contributed by atoms with Crippen LogP contribution >= 0.6 is 7.82 Å². The maximum Gasteiger partial charge on any atom is 0.524 e. The Morgan fingerprint density at radius 2 is 1.19 bits per heavy atom. The Bertz CT molecular complexity index is 508. The van der Waals surface area contributed by atoms with Gasteiger partial charge in [-0.1, -0.05) is 38.5 Å². The SMILES string of the molecule is NC1CCCCC1.NC1CCCCC1.Nc1ccc(OP(=O)(O)O)cc1. The van der Waals surface area contributed by atoms with E-state index in [1.165, 1.54) is 88.5 Å². The highest BCUT2D eigenvalue weighted by Crippen LogP contribution is 2.37. The number of anilines is 1. The van der Waals surface area contributed by atoms with E-state index in [2.05, 4.69) is 4.52 Å². The maximum absolute atomic E-state index is 10.3. The molecule has 0 atom stereocenters. The number of nitrogen functional groups attached to an aromatic ring is 1. The van der Waals surface area contributed by atoms with Crippen molar-refractivity contribution in [1.82, 2.24) is 0 Å². The molecular weight excluding hydrogens is 353 g/mol. The second-order valence-corrected chi connectivity index (χ2v) is 8.11. The fourth-order valence-corrected chi connectivity index (χ4v) is 3.33. The second kappa shape index (κ2) is 12.3. The molecule has 8 N–H and O–H groups in total. The lowest BCUT2D eigenvalue weighted by Crippen LogP contribution is -2.22. The van der Waals surface area contributed by atoms with Gasteiger partial charge in [-0.2, -0.15) is 0 Å². The summed E-state index contributed by atoms with van der Waals surface area (Å²) in [5.74, 6) is 0.0949. The zero-order chi connectivity index (χ0) is 19.4. The van der Waals surface area contributed by atoms with Gasteiger partial charge in [0.05, 0.1) is 0 Å². The molecule has 26 heavy (non-hydrogen) atoms. The van der Waals surface area contributed by atoms with Crippen LogP contribution in [0.4, 0.5) is 5.69 Å². The average molecular weight is 387 g/mol. The summed E-state index contributed by atoms with van der Waals surface area (Å²) in [6.45, 7) is 0. The second-order valence-electron chi connectivity index (χ2n) is 6.95. The Morgan fingerprint density at radius 1 is 0.808 bits per heavy atom. The topological polar surface area (TPSA) is 145 Å². The zero-order valence-electron chi connectivity index (χ0n) is 15.4. The van der Waals surface area contributed by atoms with Crippen LogP contribution in [0.5, 0.6) is 5.75 Å². The molecule has 3 rings (SSSR count). The summed E-state index contributed by atoms with van der Waals surface area (Å²) in [7, 11) is -4.44. The van der Waals surface area contributed by atoms with Crippen LogP contribution in [0, 0.1) is 0 Å². The number of rotatable bonds is 2. The minimum Gasteiger partial charge on any atom is -0.404 e. The minimum absolute atomic E-state index is 0.0949. The lowest BCUT2D eigenvalue weighted by molar-refractivity contribution is 0.283. The molecule has 0 aromatic heterocycles. The van der Waals surface area contributed by atoms with E-state index >= 15 is 0 Å². The third-order valence-electron chi connectivity index (χ3n) is 4.40. The Labute approximate surface area is 156 Å². The summed E-state index contributed by atoms with van der Waals surface area (Å²) in [6.07, 6.45) is 13.3. The van der Waals surface area contributed by atoms with Crippen molar-refractivity contribution in [3.05, 3.63) is 24.3 Å². The third kappa shape index (κ3) is 12.3. The van der Waals surface area contributed by atoms with Gasteiger partial charge < -0.3 is 21.7 Å². The normalized spacial score (nSPS) is 18.8. The molecule has 0 bridgehead atoms. The molecule has 0 radical (unpaired) electrons. The van der Waals surface area contributed by atoms with Gasteiger partial charge in [-0.25, -0.2) is 4.57 Å². The number of phosphoric ester groups is 1. The van der Waals surface area contributed by atoms with Crippen molar-refractivity contribution >= 4 is 13.5 Å². The van der Waals surface area contributed by atoms with Crippen molar-refractivity contribution < 1.29 is 18.9 Å². The third-order valence-corrected chi connectivity index (χ3v) is 4.85. The van der Waals surface area contributed by atoms with Crippen molar-refractivity contribution in [1.29, 1.82) is 0 Å². The summed E-state index contributed by atoms with van der Waals surface area (Å²) in [4.78, 5) is 16.8. The fourth-order valence-electron chi connectivity index (χ4n) is 2.93. The first-order valence-electron chi connectivity index (χ1n) is 9.38. The Hall–Kier alpha value is -1.11. The smallest absolute Gasteiger partial charge is 0.404 e. The van der Waals surface area contributed by atoms with Gasteiger partial charge in [0.1, 0.15) is 5.75 Å². The maximum atomic E-state index is 10.3. The molecule has 0 amide bonds. The first kappa shape index (κ1) is 22.9. The van der Waals surface area contributed by atoms with E-state index in [1.54, 1.807) is 0 Å². The van der Waals surface area contributed by atoms with Crippen LogP contribution < -0.4 is 21.7 Å². The van der Waals surface area contributed by atoms with Crippen LogP contribution in [0.25, 0.3) is 0 Å². The van der Waals surface area contributed by atoms with Crippen LogP contribution in [-0.4, -0.2) is 21.9 Å². The molecular formula is C18H34N3O4P. The van der Waals surface area contributed by atoms with Gasteiger partial charge in [-0.15, -0.1) is 0 Å². The highest BCUT2D eigenvalue weighted by molar-refractivity contribution is 7.46. The monoisotopic (exact) mass is 387 g/mol. The van der Waals surface area contributed by atoms with Gasteiger partial charge in [0.15, 0.2) is 0 Å². The van der Waals surface area contributed by atoms with Gasteiger partial charge in [0.25, 0.3) is 0 Å². The minimum atomic E-state index is -4.44. The fraction of sp³-hybridized carbons (Fsp3) is 0.667. The van der Waals surface area contributed by atoms with Crippen LogP contribution in [0.1, 0.15) is 64.2 Å². The van der Waals surface area contributed by atoms with E-state index < -0.39 is 7.82 Å². The predicted molar refractivity (Wildman–Crippen MR) is 106 cm³/mol. The molecule has 0 unspecified atom stereocenters. The van der Waals surface area contributed by atoms with E-state index in [0.29, 0.717) is 17.8 Å². The number of nitrogens with two attached hydrogens (primary N) is 3. The van der Waals surface area contributed by atoms with Crippen LogP contribution in [0.2, 0.25) is 0 Å². The van der Waals surface area contributed by atoms with Gasteiger partial charge in [0, 0.05) is 17.8 Å². The molecule has 1 aromatic carbocycles. The Morgan fingerprint density at radius 3 is 1.46 bits per heavy atom. The average Bonchev–Trinajstić information content (AvgIpc) is 2.58. The number of phosphoric acid groups is 1. The number of hydrogen-bond donors (Lipinski definition) is 5. The molecule has 7 nitrogen and oxygen atoms in total. The highest BCUT2D eigenvalue weighted by Gasteiger charge is 2.15. The Kier molecular flexibility index (Phi) is 10.9. The molecule has 1 aromatic rings. The number of hydrogen-bond acceptors (Lipinski definition) is 5. The molecule has 8 heteroatoms. The van der Waals surface area contributed by atoms with Crippen molar-refractivity contribution in [2.24, 2.45) is 11.5 Å². The van der Waals surface area contributed by atoms with Gasteiger partial charge in [-0.05, 0) is 49.9 Å². The van der Waals surface area contributed by atoms with Crippen LogP contribution in [0.3, 0.4) is 0 Å². The molecule has 2 saturated carbocycles. The summed E-state index contributed by atoms with van der Waals surface area (Å²) in [5, 5.41) is 0. The number of benzene rings is 1. The summed E-state index contributed by atoms with van der Waals surface area (Å²) in [6, 6.07) is 6.82. The highest BCUT2D eigenvalue weighted by atomic mass is 31.2. The van der Waals surface area contributed by atoms with Crippen molar-refractivity contribution in [3.8, 4) is 5.75 Å². The zero-order valence-corrected chi connectivity index (χ0v) is 16.3. The molecule has 2 aliphatic carbocycles. The van der Waals surface area contributed by atoms with Gasteiger partial charge >= 0.3 is 7.82 Å². The van der Waals surface area contributed by atoms with E-state index in [-0.39, 0.29) is 5.75 Å².